The third-order valence-electron chi connectivity index (χ3n) is 5.13. The van der Waals surface area contributed by atoms with Gasteiger partial charge in [0.15, 0.2) is 9.84 Å². The Bertz CT molecular complexity index is 858. The second kappa shape index (κ2) is 16.4. The van der Waals surface area contributed by atoms with E-state index in [0.717, 1.165) is 32.2 Å². The number of allylic oxidation sites excluding steroid dienone is 2. The number of ether oxygens (including phenoxy) is 1. The number of carbonyl (C=O) groups excluding carboxylic acids is 2. The Morgan fingerprint density at radius 2 is 1.94 bits per heavy atom. The number of amides is 3. The molecule has 0 bridgehead atoms. The van der Waals surface area contributed by atoms with Crippen molar-refractivity contribution in [3.8, 4) is 0 Å². The van der Waals surface area contributed by atoms with Gasteiger partial charge in [-0.05, 0) is 33.4 Å². The Morgan fingerprint density at radius 3 is 2.51 bits per heavy atom. The summed E-state index contributed by atoms with van der Waals surface area (Å²) in [4.78, 5) is 26.8. The molecule has 35 heavy (non-hydrogen) atoms. The van der Waals surface area contributed by atoms with Crippen molar-refractivity contribution in [3.63, 3.8) is 0 Å². The zero-order valence-electron chi connectivity index (χ0n) is 21.0. The maximum atomic E-state index is 12.2. The van der Waals surface area contributed by atoms with Gasteiger partial charge < -0.3 is 15.0 Å². The number of nitrogens with one attached hydrogen (secondary N) is 3. The SMILES string of the molecule is C=C/C(=C\CSC(NCC)NC(=O)NC(=O)CC(Cl)/C=C\C(C)OC1CCN(C)CC1)S(C)(=O)=O. The van der Waals surface area contributed by atoms with Crippen LogP contribution in [0.4, 0.5) is 4.79 Å². The second-order valence-corrected chi connectivity index (χ2v) is 12.0. The number of urea groups is 1. The van der Waals surface area contributed by atoms with Gasteiger partial charge in [0, 0.05) is 31.5 Å². The molecule has 1 fully saturated rings. The zero-order valence-corrected chi connectivity index (χ0v) is 23.3. The first-order valence-corrected chi connectivity index (χ1v) is 15.0. The lowest BCUT2D eigenvalue weighted by Crippen LogP contribution is -2.49. The third kappa shape index (κ3) is 14.1. The van der Waals surface area contributed by atoms with Crippen molar-refractivity contribution in [3.05, 3.63) is 35.8 Å². The normalized spacial score (nSPS) is 18.7. The van der Waals surface area contributed by atoms with E-state index in [1.807, 2.05) is 19.9 Å². The van der Waals surface area contributed by atoms with Gasteiger partial charge in [0.05, 0.1) is 22.5 Å². The molecule has 3 atom stereocenters. The Kier molecular flexibility index (Phi) is 14.8. The fourth-order valence-corrected chi connectivity index (χ4v) is 5.24. The van der Waals surface area contributed by atoms with Gasteiger partial charge in [0.2, 0.25) is 5.91 Å². The van der Waals surface area contributed by atoms with Crippen LogP contribution in [-0.4, -0.2) is 87.0 Å². The van der Waals surface area contributed by atoms with Crippen molar-refractivity contribution in [2.24, 2.45) is 0 Å². The van der Waals surface area contributed by atoms with Crippen molar-refractivity contribution in [2.45, 2.75) is 56.2 Å². The van der Waals surface area contributed by atoms with Crippen LogP contribution in [0, 0.1) is 0 Å². The van der Waals surface area contributed by atoms with Crippen LogP contribution in [0.25, 0.3) is 0 Å². The number of halogens is 1. The molecule has 3 unspecified atom stereocenters. The molecule has 0 aromatic rings. The number of rotatable bonds is 14. The van der Waals surface area contributed by atoms with Crippen molar-refractivity contribution in [1.82, 2.24) is 20.9 Å². The monoisotopic (exact) mass is 550 g/mol. The molecule has 0 aliphatic carbocycles. The van der Waals surface area contributed by atoms with Gasteiger partial charge >= 0.3 is 6.03 Å². The van der Waals surface area contributed by atoms with E-state index in [9.17, 15) is 18.0 Å². The first-order chi connectivity index (χ1) is 16.4. The minimum Gasteiger partial charge on any atom is -0.371 e. The molecule has 0 spiro atoms. The van der Waals surface area contributed by atoms with Gasteiger partial charge in [-0.1, -0.05) is 37.8 Å². The molecule has 1 rings (SSSR count). The fourth-order valence-electron chi connectivity index (χ4n) is 3.27. The van der Waals surface area contributed by atoms with Gasteiger partial charge in [-0.3, -0.25) is 15.4 Å². The molecule has 0 radical (unpaired) electrons. The Balaban J connectivity index is 2.44. The van der Waals surface area contributed by atoms with E-state index in [1.54, 1.807) is 6.08 Å². The summed E-state index contributed by atoms with van der Waals surface area (Å²) in [6.07, 6.45) is 9.46. The van der Waals surface area contributed by atoms with E-state index in [-0.39, 0.29) is 23.5 Å². The molecule has 12 heteroatoms. The summed E-state index contributed by atoms with van der Waals surface area (Å²) >= 11 is 7.51. The first-order valence-electron chi connectivity index (χ1n) is 11.6. The molecule has 3 amide bonds. The van der Waals surface area contributed by atoms with E-state index in [4.69, 9.17) is 16.3 Å². The average molecular weight is 551 g/mol. The maximum Gasteiger partial charge on any atom is 0.323 e. The molecule has 1 aliphatic rings. The highest BCUT2D eigenvalue weighted by atomic mass is 35.5. The van der Waals surface area contributed by atoms with Crippen LogP contribution in [0.15, 0.2) is 35.8 Å². The molecule has 1 saturated heterocycles. The van der Waals surface area contributed by atoms with Crippen molar-refractivity contribution >= 4 is 45.1 Å². The standard InChI is InChI=1S/C23H39ClN4O5S2/c1-6-20(35(5,31)32)12-15-34-23(25-7-2)27-22(30)26-21(29)16-18(24)9-8-17(3)33-19-10-13-28(4)14-11-19/h6,8-9,12,17-19,23,25H,1,7,10-11,13-16H2,2-5H3,(H2,26,27,29,30)/b9-8-,20-12+. The van der Waals surface area contributed by atoms with Crippen molar-refractivity contribution in [2.75, 3.05) is 38.7 Å². The average Bonchev–Trinajstić information content (AvgIpc) is 2.76. The Morgan fingerprint density at radius 1 is 1.29 bits per heavy atom. The second-order valence-electron chi connectivity index (χ2n) is 8.32. The van der Waals surface area contributed by atoms with E-state index >= 15 is 0 Å². The highest BCUT2D eigenvalue weighted by Gasteiger charge is 2.19. The minimum atomic E-state index is -3.36. The summed E-state index contributed by atoms with van der Waals surface area (Å²) in [5, 5.41) is 7.38. The predicted molar refractivity (Wildman–Crippen MR) is 144 cm³/mol. The summed E-state index contributed by atoms with van der Waals surface area (Å²) < 4.78 is 29.3. The van der Waals surface area contributed by atoms with Crippen molar-refractivity contribution in [1.29, 1.82) is 0 Å². The predicted octanol–water partition coefficient (Wildman–Crippen LogP) is 2.61. The highest BCUT2D eigenvalue weighted by Crippen LogP contribution is 2.15. The number of sulfone groups is 1. The number of thioether (sulfide) groups is 1. The van der Waals surface area contributed by atoms with E-state index in [2.05, 4.69) is 34.5 Å². The molecule has 0 aromatic carbocycles. The number of nitrogens with zero attached hydrogens (tertiary/aromatic N) is 1. The third-order valence-corrected chi connectivity index (χ3v) is 7.59. The van der Waals surface area contributed by atoms with Crippen LogP contribution in [0.5, 0.6) is 0 Å². The number of piperidine rings is 1. The van der Waals surface area contributed by atoms with E-state index in [1.165, 1.54) is 23.9 Å². The van der Waals surface area contributed by atoms with Gasteiger partial charge in [0.25, 0.3) is 0 Å². The number of alkyl halides is 1. The van der Waals surface area contributed by atoms with Gasteiger partial charge in [-0.2, -0.15) is 0 Å². The maximum absolute atomic E-state index is 12.2. The van der Waals surface area contributed by atoms with Gasteiger partial charge in [-0.25, -0.2) is 13.2 Å². The summed E-state index contributed by atoms with van der Waals surface area (Å²) in [6, 6.07) is -0.670. The summed E-state index contributed by atoms with van der Waals surface area (Å²) in [6.45, 7) is 9.89. The number of hydrogen-bond donors (Lipinski definition) is 3. The lowest BCUT2D eigenvalue weighted by molar-refractivity contribution is -0.119. The molecule has 9 nitrogen and oxygen atoms in total. The van der Waals surface area contributed by atoms with Gasteiger partial charge in [0.1, 0.15) is 5.50 Å². The van der Waals surface area contributed by atoms with Gasteiger partial charge in [-0.15, -0.1) is 23.4 Å². The summed E-state index contributed by atoms with van der Waals surface area (Å²) in [7, 11) is -1.26. The molecular formula is C23H39ClN4O5S2. The molecule has 1 heterocycles. The lowest BCUT2D eigenvalue weighted by Gasteiger charge is -2.30. The Labute approximate surface area is 219 Å². The molecule has 1 aliphatic heterocycles. The van der Waals surface area contributed by atoms with Crippen LogP contribution in [0.3, 0.4) is 0 Å². The van der Waals surface area contributed by atoms with Crippen LogP contribution in [0.1, 0.15) is 33.1 Å². The number of carbonyl (C=O) groups is 2. The van der Waals surface area contributed by atoms with E-state index in [0.29, 0.717) is 12.3 Å². The molecular weight excluding hydrogens is 512 g/mol. The smallest absolute Gasteiger partial charge is 0.323 e. The summed E-state index contributed by atoms with van der Waals surface area (Å²) in [5.74, 6) is -0.200. The number of imide groups is 1. The highest BCUT2D eigenvalue weighted by molar-refractivity contribution is 8.00. The molecule has 0 saturated carbocycles. The van der Waals surface area contributed by atoms with Crippen LogP contribution >= 0.6 is 23.4 Å². The number of hydrogen-bond acceptors (Lipinski definition) is 8. The molecule has 0 aromatic heterocycles. The van der Waals surface area contributed by atoms with Crippen LogP contribution in [0.2, 0.25) is 0 Å². The first kappa shape index (κ1) is 31.7. The van der Waals surface area contributed by atoms with Crippen molar-refractivity contribution < 1.29 is 22.7 Å². The van der Waals surface area contributed by atoms with E-state index < -0.39 is 32.7 Å². The lowest BCUT2D eigenvalue weighted by atomic mass is 10.1. The van der Waals surface area contributed by atoms with Crippen LogP contribution in [-0.2, 0) is 19.4 Å². The quantitative estimate of drug-likeness (QED) is 0.131. The number of likely N-dealkylation sites (tertiary alicyclic amines) is 1. The van der Waals surface area contributed by atoms with Crippen LogP contribution < -0.4 is 16.0 Å². The fraction of sp³-hybridized carbons (Fsp3) is 0.652. The molecule has 200 valence electrons. The summed E-state index contributed by atoms with van der Waals surface area (Å²) in [5.41, 5.74) is -0.529. The largest absolute Gasteiger partial charge is 0.371 e. The minimum absolute atomic E-state index is 0.0643. The Hall–Kier alpha value is -1.37. The zero-order chi connectivity index (χ0) is 26.4. The topological polar surface area (TPSA) is 117 Å². The molecule has 3 N–H and O–H groups in total.